The highest BCUT2D eigenvalue weighted by Gasteiger charge is 2.22. The van der Waals surface area contributed by atoms with E-state index in [1.54, 1.807) is 0 Å². The molecule has 0 fully saturated rings. The first-order chi connectivity index (χ1) is 8.27. The van der Waals surface area contributed by atoms with Crippen LogP contribution < -0.4 is 9.46 Å². The molecule has 0 unspecified atom stereocenters. The number of nitrogens with zero attached hydrogens (tertiary/aromatic N) is 1. The summed E-state index contributed by atoms with van der Waals surface area (Å²) in [5, 5.41) is 10.2. The van der Waals surface area contributed by atoms with E-state index in [2.05, 4.69) is 4.72 Å². The van der Waals surface area contributed by atoms with Crippen molar-refractivity contribution >= 4 is 21.4 Å². The molecule has 1 aromatic carbocycles. The molecule has 1 rings (SSSR count). The molecule has 0 bridgehead atoms. The summed E-state index contributed by atoms with van der Waals surface area (Å²) in [7, 11) is -2.25. The van der Waals surface area contributed by atoms with Gasteiger partial charge >= 0.3 is 0 Å². The molecule has 18 heavy (non-hydrogen) atoms. The first-order valence-corrected chi connectivity index (χ1v) is 6.66. The Kier molecular flexibility index (Phi) is 4.12. The summed E-state index contributed by atoms with van der Waals surface area (Å²) < 4.78 is 30.4. The number of nitro benzene ring substituents is 1. The van der Waals surface area contributed by atoms with E-state index < -0.39 is 20.2 Å². The van der Waals surface area contributed by atoms with E-state index in [0.29, 0.717) is 0 Å². The largest absolute Gasteiger partial charge is 0.496 e. The Labute approximate surface area is 105 Å². The van der Waals surface area contributed by atoms with Gasteiger partial charge in [0.1, 0.15) is 11.4 Å². The second-order valence-corrected chi connectivity index (χ2v) is 6.07. The lowest BCUT2D eigenvalue weighted by molar-refractivity contribution is -0.384. The van der Waals surface area contributed by atoms with Gasteiger partial charge in [-0.1, -0.05) is 0 Å². The summed E-state index contributed by atoms with van der Waals surface area (Å²) in [6.07, 6.45) is 0. The van der Waals surface area contributed by atoms with Crippen LogP contribution in [-0.4, -0.2) is 25.7 Å². The number of hydrogen-bond donors (Lipinski definition) is 1. The van der Waals surface area contributed by atoms with Crippen LogP contribution in [0.15, 0.2) is 18.2 Å². The number of anilines is 1. The summed E-state index contributed by atoms with van der Waals surface area (Å²) >= 11 is 0. The Balaban J connectivity index is 3.21. The van der Waals surface area contributed by atoms with Crippen LogP contribution in [0.5, 0.6) is 5.75 Å². The van der Waals surface area contributed by atoms with Crippen LogP contribution in [0, 0.1) is 10.1 Å². The lowest BCUT2D eigenvalue weighted by atomic mass is 10.2. The second kappa shape index (κ2) is 5.21. The quantitative estimate of drug-likeness (QED) is 0.651. The van der Waals surface area contributed by atoms with Gasteiger partial charge in [0.2, 0.25) is 10.0 Å². The molecule has 0 heterocycles. The highest BCUT2D eigenvalue weighted by molar-refractivity contribution is 7.93. The molecule has 0 spiro atoms. The van der Waals surface area contributed by atoms with Crippen molar-refractivity contribution in [1.82, 2.24) is 0 Å². The second-order valence-electron chi connectivity index (χ2n) is 3.84. The molecule has 0 saturated carbocycles. The number of ether oxygens (including phenoxy) is 1. The van der Waals surface area contributed by atoms with Gasteiger partial charge in [0.25, 0.3) is 5.69 Å². The number of benzene rings is 1. The maximum absolute atomic E-state index is 11.7. The number of sulfonamides is 1. The predicted octanol–water partition coefficient (Wildman–Crippen LogP) is 1.75. The van der Waals surface area contributed by atoms with Crippen LogP contribution in [-0.2, 0) is 10.0 Å². The van der Waals surface area contributed by atoms with Gasteiger partial charge in [-0.2, -0.15) is 0 Å². The van der Waals surface area contributed by atoms with Crippen molar-refractivity contribution in [1.29, 1.82) is 0 Å². The Bertz CT molecular complexity index is 553. The van der Waals surface area contributed by atoms with Crippen LogP contribution in [0.1, 0.15) is 13.8 Å². The molecule has 7 nitrogen and oxygen atoms in total. The Morgan fingerprint density at radius 3 is 2.44 bits per heavy atom. The lowest BCUT2D eigenvalue weighted by Gasteiger charge is -2.11. The van der Waals surface area contributed by atoms with E-state index in [9.17, 15) is 18.5 Å². The highest BCUT2D eigenvalue weighted by atomic mass is 32.2. The summed E-state index contributed by atoms with van der Waals surface area (Å²) in [6.45, 7) is 2.97. The first kappa shape index (κ1) is 14.2. The summed E-state index contributed by atoms with van der Waals surface area (Å²) in [5.41, 5.74) is -0.423. The zero-order valence-corrected chi connectivity index (χ0v) is 11.0. The van der Waals surface area contributed by atoms with E-state index in [4.69, 9.17) is 4.74 Å². The predicted molar refractivity (Wildman–Crippen MR) is 67.3 cm³/mol. The zero-order valence-electron chi connectivity index (χ0n) is 10.2. The van der Waals surface area contributed by atoms with E-state index in [0.717, 1.165) is 6.07 Å². The molecule has 0 aromatic heterocycles. The number of methoxy groups -OCH3 is 1. The monoisotopic (exact) mass is 274 g/mol. The maximum Gasteiger partial charge on any atom is 0.297 e. The number of hydrogen-bond acceptors (Lipinski definition) is 5. The van der Waals surface area contributed by atoms with Gasteiger partial charge < -0.3 is 4.74 Å². The Morgan fingerprint density at radius 1 is 1.39 bits per heavy atom. The van der Waals surface area contributed by atoms with Crippen molar-refractivity contribution < 1.29 is 18.1 Å². The van der Waals surface area contributed by atoms with Crippen molar-refractivity contribution in [3.8, 4) is 5.75 Å². The van der Waals surface area contributed by atoms with Crippen molar-refractivity contribution in [3.63, 3.8) is 0 Å². The maximum atomic E-state index is 11.7. The van der Waals surface area contributed by atoms with Crippen molar-refractivity contribution in [2.24, 2.45) is 0 Å². The average molecular weight is 274 g/mol. The smallest absolute Gasteiger partial charge is 0.297 e. The first-order valence-electron chi connectivity index (χ1n) is 5.12. The molecule has 0 aliphatic heterocycles. The highest BCUT2D eigenvalue weighted by Crippen LogP contribution is 2.30. The van der Waals surface area contributed by atoms with Gasteiger partial charge in [-0.05, 0) is 26.0 Å². The third-order valence-corrected chi connectivity index (χ3v) is 4.02. The van der Waals surface area contributed by atoms with Gasteiger partial charge in [0, 0.05) is 0 Å². The minimum atomic E-state index is -3.62. The minimum absolute atomic E-state index is 0.0745. The topological polar surface area (TPSA) is 98.5 Å². The molecule has 1 N–H and O–H groups in total. The van der Waals surface area contributed by atoms with E-state index in [1.807, 2.05) is 0 Å². The van der Waals surface area contributed by atoms with Gasteiger partial charge in [0.05, 0.1) is 23.3 Å². The Hall–Kier alpha value is -1.83. The fourth-order valence-corrected chi connectivity index (χ4v) is 1.86. The normalized spacial score (nSPS) is 11.3. The number of nitro groups is 1. The zero-order chi connectivity index (χ0) is 13.9. The molecule has 0 saturated heterocycles. The van der Waals surface area contributed by atoms with Crippen LogP contribution in [0.4, 0.5) is 11.4 Å². The standard InChI is InChI=1S/C10H14N2O5S/c1-7(2)18(15,16)11-9-5-4-8(17-3)6-10(9)12(13)14/h4-7,11H,1-3H3. The van der Waals surface area contributed by atoms with E-state index in [-0.39, 0.29) is 17.1 Å². The molecule has 0 amide bonds. The van der Waals surface area contributed by atoms with E-state index in [1.165, 1.54) is 33.1 Å². The fourth-order valence-electron chi connectivity index (χ4n) is 1.15. The molecular formula is C10H14N2O5S. The van der Waals surface area contributed by atoms with E-state index >= 15 is 0 Å². The third kappa shape index (κ3) is 3.10. The third-order valence-electron chi connectivity index (χ3n) is 2.27. The van der Waals surface area contributed by atoms with Gasteiger partial charge in [-0.15, -0.1) is 0 Å². The number of rotatable bonds is 5. The van der Waals surface area contributed by atoms with Crippen LogP contribution in [0.2, 0.25) is 0 Å². The van der Waals surface area contributed by atoms with Crippen molar-refractivity contribution in [2.75, 3.05) is 11.8 Å². The van der Waals surface area contributed by atoms with Crippen molar-refractivity contribution in [3.05, 3.63) is 28.3 Å². The molecule has 0 radical (unpaired) electrons. The molecule has 1 aromatic rings. The number of nitrogens with one attached hydrogen (secondary N) is 1. The Morgan fingerprint density at radius 2 is 2.00 bits per heavy atom. The average Bonchev–Trinajstić information content (AvgIpc) is 2.28. The van der Waals surface area contributed by atoms with Crippen LogP contribution >= 0.6 is 0 Å². The molecule has 0 aliphatic rings. The summed E-state index contributed by atoms with van der Waals surface area (Å²) in [6, 6.07) is 3.92. The van der Waals surface area contributed by atoms with Crippen LogP contribution in [0.25, 0.3) is 0 Å². The summed E-state index contributed by atoms with van der Waals surface area (Å²) in [5.74, 6) is 0.286. The molecule has 0 aliphatic carbocycles. The molecule has 0 atom stereocenters. The van der Waals surface area contributed by atoms with Gasteiger partial charge in [-0.25, -0.2) is 8.42 Å². The van der Waals surface area contributed by atoms with Crippen LogP contribution in [0.3, 0.4) is 0 Å². The lowest BCUT2D eigenvalue weighted by Crippen LogP contribution is -2.22. The van der Waals surface area contributed by atoms with Crippen molar-refractivity contribution in [2.45, 2.75) is 19.1 Å². The summed E-state index contributed by atoms with van der Waals surface area (Å²) in [4.78, 5) is 10.2. The van der Waals surface area contributed by atoms with Gasteiger partial charge in [-0.3, -0.25) is 14.8 Å². The SMILES string of the molecule is COc1ccc(NS(=O)(=O)C(C)C)c([N+](=O)[O-])c1. The van der Waals surface area contributed by atoms with Gasteiger partial charge in [0.15, 0.2) is 0 Å². The fraction of sp³-hybridized carbons (Fsp3) is 0.400. The molecule has 8 heteroatoms. The minimum Gasteiger partial charge on any atom is -0.496 e. The molecule has 100 valence electrons. The molecular weight excluding hydrogens is 260 g/mol.